The lowest BCUT2D eigenvalue weighted by Gasteiger charge is -2.22. The van der Waals surface area contributed by atoms with Crippen molar-refractivity contribution < 1.29 is 9.32 Å². The van der Waals surface area contributed by atoms with Crippen LogP contribution < -0.4 is 0 Å². The highest BCUT2D eigenvalue weighted by Gasteiger charge is 2.25. The minimum absolute atomic E-state index is 0.0307. The smallest absolute Gasteiger partial charge is 0.259 e. The van der Waals surface area contributed by atoms with E-state index in [1.165, 1.54) is 0 Å². The monoisotopic (exact) mass is 331 g/mol. The summed E-state index contributed by atoms with van der Waals surface area (Å²) in [6.07, 6.45) is 4.83. The summed E-state index contributed by atoms with van der Waals surface area (Å²) in [6.45, 7) is 10.8. The molecule has 0 bridgehead atoms. The molecule has 0 aliphatic carbocycles. The molecular weight excluding hydrogens is 306 g/mol. The quantitative estimate of drug-likeness (QED) is 0.855. The molecule has 24 heavy (non-hydrogen) atoms. The van der Waals surface area contributed by atoms with Gasteiger partial charge in [0.15, 0.2) is 0 Å². The van der Waals surface area contributed by atoms with Crippen molar-refractivity contribution in [3.63, 3.8) is 0 Å². The van der Waals surface area contributed by atoms with Gasteiger partial charge in [-0.15, -0.1) is 0 Å². The number of carbonyl (C=O) groups is 1. The number of rotatable bonds is 4. The first kappa shape index (κ1) is 16.7. The Morgan fingerprint density at radius 1 is 1.25 bits per heavy atom. The SMILES string of the molecule is CCn1ccnc1CN1CCCN(C(=O)c2c(C)noc2C)CC1. The highest BCUT2D eigenvalue weighted by Crippen LogP contribution is 2.17. The second-order valence-electron chi connectivity index (χ2n) is 6.25. The summed E-state index contributed by atoms with van der Waals surface area (Å²) in [4.78, 5) is 21.5. The van der Waals surface area contributed by atoms with E-state index in [9.17, 15) is 4.79 Å². The summed E-state index contributed by atoms with van der Waals surface area (Å²) in [5, 5.41) is 3.90. The fraction of sp³-hybridized carbons (Fsp3) is 0.588. The molecule has 0 N–H and O–H groups in total. The Hall–Kier alpha value is -2.15. The molecule has 0 spiro atoms. The topological polar surface area (TPSA) is 67.4 Å². The van der Waals surface area contributed by atoms with Crippen molar-refractivity contribution in [1.29, 1.82) is 0 Å². The van der Waals surface area contributed by atoms with Gasteiger partial charge in [-0.1, -0.05) is 5.16 Å². The van der Waals surface area contributed by atoms with Crippen LogP contribution in [0.1, 0.15) is 41.0 Å². The van der Waals surface area contributed by atoms with Gasteiger partial charge in [-0.05, 0) is 27.2 Å². The van der Waals surface area contributed by atoms with Crippen LogP contribution >= 0.6 is 0 Å². The van der Waals surface area contributed by atoms with E-state index in [2.05, 4.69) is 26.5 Å². The van der Waals surface area contributed by atoms with E-state index in [4.69, 9.17) is 4.52 Å². The maximum Gasteiger partial charge on any atom is 0.259 e. The number of aryl methyl sites for hydroxylation is 3. The largest absolute Gasteiger partial charge is 0.361 e. The molecule has 7 nitrogen and oxygen atoms in total. The zero-order valence-corrected chi connectivity index (χ0v) is 14.7. The summed E-state index contributed by atoms with van der Waals surface area (Å²) >= 11 is 0. The Labute approximate surface area is 142 Å². The standard InChI is InChI=1S/C17H25N5O2/c1-4-21-9-6-18-15(21)12-20-7-5-8-22(11-10-20)17(23)16-13(2)19-24-14(16)3/h6,9H,4-5,7-8,10-12H2,1-3H3. The predicted molar refractivity (Wildman–Crippen MR) is 89.7 cm³/mol. The molecule has 0 saturated carbocycles. The van der Waals surface area contributed by atoms with Gasteiger partial charge in [0.2, 0.25) is 0 Å². The van der Waals surface area contributed by atoms with E-state index in [1.54, 1.807) is 6.92 Å². The third kappa shape index (κ3) is 3.36. The lowest BCUT2D eigenvalue weighted by Crippen LogP contribution is -2.35. The number of hydrogen-bond acceptors (Lipinski definition) is 5. The van der Waals surface area contributed by atoms with Gasteiger partial charge in [-0.25, -0.2) is 4.98 Å². The van der Waals surface area contributed by atoms with Crippen molar-refractivity contribution in [3.05, 3.63) is 35.2 Å². The molecule has 0 unspecified atom stereocenters. The van der Waals surface area contributed by atoms with Crippen LogP contribution in [0, 0.1) is 13.8 Å². The van der Waals surface area contributed by atoms with Gasteiger partial charge in [0.05, 0.1) is 12.2 Å². The summed E-state index contributed by atoms with van der Waals surface area (Å²) in [5.74, 6) is 1.72. The van der Waals surface area contributed by atoms with E-state index >= 15 is 0 Å². The molecule has 1 aliphatic rings. The number of amides is 1. The normalized spacial score (nSPS) is 16.4. The Morgan fingerprint density at radius 3 is 2.79 bits per heavy atom. The fourth-order valence-corrected chi connectivity index (χ4v) is 3.26. The van der Waals surface area contributed by atoms with Crippen molar-refractivity contribution in [3.8, 4) is 0 Å². The van der Waals surface area contributed by atoms with Crippen molar-refractivity contribution in [2.24, 2.45) is 0 Å². The van der Waals surface area contributed by atoms with Crippen LogP contribution in [0.25, 0.3) is 0 Å². The molecule has 2 aromatic heterocycles. The third-order valence-electron chi connectivity index (χ3n) is 4.63. The van der Waals surface area contributed by atoms with Crippen LogP contribution in [0.2, 0.25) is 0 Å². The number of carbonyl (C=O) groups excluding carboxylic acids is 1. The summed E-state index contributed by atoms with van der Waals surface area (Å²) in [6, 6.07) is 0. The predicted octanol–water partition coefficient (Wildman–Crippen LogP) is 1.86. The molecule has 1 aliphatic heterocycles. The van der Waals surface area contributed by atoms with Crippen LogP contribution in [-0.4, -0.2) is 56.6 Å². The average molecular weight is 331 g/mol. The van der Waals surface area contributed by atoms with Crippen molar-refractivity contribution in [1.82, 2.24) is 24.5 Å². The van der Waals surface area contributed by atoms with E-state index in [-0.39, 0.29) is 5.91 Å². The molecule has 0 aromatic carbocycles. The van der Waals surface area contributed by atoms with Gasteiger partial charge in [0.25, 0.3) is 5.91 Å². The maximum atomic E-state index is 12.8. The Morgan fingerprint density at radius 2 is 2.08 bits per heavy atom. The summed E-state index contributed by atoms with van der Waals surface area (Å²) < 4.78 is 7.30. The van der Waals surface area contributed by atoms with Gasteiger partial charge in [-0.2, -0.15) is 0 Å². The molecule has 3 heterocycles. The molecule has 0 atom stereocenters. The van der Waals surface area contributed by atoms with Gasteiger partial charge in [0.1, 0.15) is 17.1 Å². The molecule has 1 amide bonds. The fourth-order valence-electron chi connectivity index (χ4n) is 3.26. The highest BCUT2D eigenvalue weighted by atomic mass is 16.5. The van der Waals surface area contributed by atoms with E-state index in [0.29, 0.717) is 17.0 Å². The van der Waals surface area contributed by atoms with Crippen LogP contribution in [-0.2, 0) is 13.1 Å². The second-order valence-corrected chi connectivity index (χ2v) is 6.25. The van der Waals surface area contributed by atoms with Crippen molar-refractivity contribution in [2.45, 2.75) is 40.3 Å². The molecule has 0 radical (unpaired) electrons. The van der Waals surface area contributed by atoms with E-state index in [1.807, 2.05) is 24.2 Å². The van der Waals surface area contributed by atoms with Crippen LogP contribution in [0.5, 0.6) is 0 Å². The summed E-state index contributed by atoms with van der Waals surface area (Å²) in [7, 11) is 0. The maximum absolute atomic E-state index is 12.8. The van der Waals surface area contributed by atoms with Crippen molar-refractivity contribution >= 4 is 5.91 Å². The number of nitrogens with zero attached hydrogens (tertiary/aromatic N) is 5. The molecule has 3 rings (SSSR count). The zero-order valence-electron chi connectivity index (χ0n) is 14.7. The Kier molecular flexibility index (Phi) is 4.99. The molecule has 130 valence electrons. The molecule has 7 heteroatoms. The molecular formula is C17H25N5O2. The zero-order chi connectivity index (χ0) is 17.1. The highest BCUT2D eigenvalue weighted by molar-refractivity contribution is 5.96. The third-order valence-corrected chi connectivity index (χ3v) is 4.63. The van der Waals surface area contributed by atoms with Gasteiger partial charge in [0, 0.05) is 45.1 Å². The van der Waals surface area contributed by atoms with Gasteiger partial charge in [-0.3, -0.25) is 9.69 Å². The first-order valence-electron chi connectivity index (χ1n) is 8.54. The lowest BCUT2D eigenvalue weighted by molar-refractivity contribution is 0.0758. The van der Waals surface area contributed by atoms with E-state index < -0.39 is 0 Å². The number of imidazole rings is 1. The van der Waals surface area contributed by atoms with Crippen LogP contribution in [0.4, 0.5) is 0 Å². The van der Waals surface area contributed by atoms with Crippen molar-refractivity contribution in [2.75, 3.05) is 26.2 Å². The van der Waals surface area contributed by atoms with Crippen LogP contribution in [0.15, 0.2) is 16.9 Å². The van der Waals surface area contributed by atoms with Gasteiger partial charge >= 0.3 is 0 Å². The Balaban J connectivity index is 1.64. The van der Waals surface area contributed by atoms with Gasteiger partial charge < -0.3 is 14.0 Å². The second kappa shape index (κ2) is 7.17. The lowest BCUT2D eigenvalue weighted by atomic mass is 10.1. The molecule has 1 saturated heterocycles. The van der Waals surface area contributed by atoms with E-state index in [0.717, 1.165) is 51.5 Å². The van der Waals surface area contributed by atoms with Crippen LogP contribution in [0.3, 0.4) is 0 Å². The molecule has 1 fully saturated rings. The molecule has 2 aromatic rings. The Bertz CT molecular complexity index is 686. The first-order valence-corrected chi connectivity index (χ1v) is 8.54. The minimum Gasteiger partial charge on any atom is -0.361 e. The average Bonchev–Trinajstić information content (AvgIpc) is 3.06. The number of aromatic nitrogens is 3. The summed E-state index contributed by atoms with van der Waals surface area (Å²) in [5.41, 5.74) is 1.29. The minimum atomic E-state index is 0.0307. The number of hydrogen-bond donors (Lipinski definition) is 0. The first-order chi connectivity index (χ1) is 11.6.